The molecule has 0 fully saturated rings. The first-order valence-corrected chi connectivity index (χ1v) is 15.7. The molecule has 0 amide bonds. The second-order valence-electron chi connectivity index (χ2n) is 9.52. The highest BCUT2D eigenvalue weighted by atomic mass is 79.9. The normalized spacial score (nSPS) is 16.1. The summed E-state index contributed by atoms with van der Waals surface area (Å²) in [6.07, 6.45) is 7.31. The van der Waals surface area contributed by atoms with Crippen molar-refractivity contribution in [1.29, 1.82) is 0 Å². The molecule has 0 spiro atoms. The minimum atomic E-state index is -3.75. The van der Waals surface area contributed by atoms with E-state index in [4.69, 9.17) is 0 Å². The van der Waals surface area contributed by atoms with Gasteiger partial charge in [-0.25, -0.2) is 8.42 Å². The van der Waals surface area contributed by atoms with Gasteiger partial charge in [-0.2, -0.15) is 0 Å². The second kappa shape index (κ2) is 12.1. The van der Waals surface area contributed by atoms with Gasteiger partial charge in [0, 0.05) is 15.0 Å². The summed E-state index contributed by atoms with van der Waals surface area (Å²) in [6, 6.07) is 23.3. The molecular weight excluding hydrogens is 598 g/mol. The molecule has 3 nitrogen and oxygen atoms in total. The van der Waals surface area contributed by atoms with E-state index < -0.39 is 10.0 Å². The molecule has 0 saturated heterocycles. The molecule has 0 radical (unpaired) electrons. The molecule has 0 aromatic heterocycles. The van der Waals surface area contributed by atoms with Crippen molar-refractivity contribution in [3.8, 4) is 0 Å². The van der Waals surface area contributed by atoms with E-state index in [0.29, 0.717) is 11.3 Å². The van der Waals surface area contributed by atoms with Crippen molar-refractivity contribution in [3.05, 3.63) is 98.4 Å². The summed E-state index contributed by atoms with van der Waals surface area (Å²) >= 11 is 7.07. The maximum absolute atomic E-state index is 14.2. The molecule has 3 aromatic carbocycles. The van der Waals surface area contributed by atoms with Crippen molar-refractivity contribution in [3.63, 3.8) is 0 Å². The molecule has 1 atom stereocenters. The van der Waals surface area contributed by atoms with Crippen LogP contribution < -0.4 is 0 Å². The number of nitrogens with zero attached hydrogens (tertiary/aromatic N) is 1. The summed E-state index contributed by atoms with van der Waals surface area (Å²) in [7, 11) is -3.75. The smallest absolute Gasteiger partial charge is 0.262 e. The number of halogens is 2. The highest BCUT2D eigenvalue weighted by Gasteiger charge is 2.40. The quantitative estimate of drug-likeness (QED) is 0.209. The maximum Gasteiger partial charge on any atom is 0.264 e. The SMILES string of the molecule is CCCCCCC[C@H]1CC(c2ccc(Br)cc2)=C(c2ccc(Br)cc2)N1S(=O)(=O)c1ccc(C)cc1. The molecule has 3 aromatic rings. The molecule has 1 aliphatic rings. The fourth-order valence-electron chi connectivity index (χ4n) is 4.89. The summed E-state index contributed by atoms with van der Waals surface area (Å²) < 4.78 is 32.2. The zero-order valence-corrected chi connectivity index (χ0v) is 24.9. The highest BCUT2D eigenvalue weighted by Crippen LogP contribution is 2.46. The van der Waals surface area contributed by atoms with Crippen LogP contribution in [0.2, 0.25) is 0 Å². The van der Waals surface area contributed by atoms with Crippen LogP contribution in [0.15, 0.2) is 86.6 Å². The number of unbranched alkanes of at least 4 members (excludes halogenated alkanes) is 4. The van der Waals surface area contributed by atoms with Gasteiger partial charge in [0.2, 0.25) is 0 Å². The minimum Gasteiger partial charge on any atom is -0.262 e. The van der Waals surface area contributed by atoms with Gasteiger partial charge in [-0.05, 0) is 72.9 Å². The third-order valence-electron chi connectivity index (χ3n) is 6.81. The van der Waals surface area contributed by atoms with Crippen LogP contribution in [0, 0.1) is 6.92 Å². The largest absolute Gasteiger partial charge is 0.264 e. The predicted molar refractivity (Wildman–Crippen MR) is 157 cm³/mol. The minimum absolute atomic E-state index is 0.116. The monoisotopic (exact) mass is 629 g/mol. The van der Waals surface area contributed by atoms with E-state index in [1.54, 1.807) is 16.4 Å². The average Bonchev–Trinajstić information content (AvgIpc) is 3.25. The van der Waals surface area contributed by atoms with E-state index in [1.165, 1.54) is 19.3 Å². The Balaban J connectivity index is 1.83. The Morgan fingerprint density at radius 3 is 1.92 bits per heavy atom. The number of benzene rings is 3. The van der Waals surface area contributed by atoms with E-state index in [9.17, 15) is 8.42 Å². The fraction of sp³-hybridized carbons (Fsp3) is 0.333. The Morgan fingerprint density at radius 2 is 1.33 bits per heavy atom. The summed E-state index contributed by atoms with van der Waals surface area (Å²) in [5.41, 5.74) is 4.90. The lowest BCUT2D eigenvalue weighted by molar-refractivity contribution is 0.398. The lowest BCUT2D eigenvalue weighted by atomic mass is 9.96. The van der Waals surface area contributed by atoms with Crippen LogP contribution >= 0.6 is 31.9 Å². The van der Waals surface area contributed by atoms with E-state index in [-0.39, 0.29) is 6.04 Å². The van der Waals surface area contributed by atoms with Crippen LogP contribution in [0.1, 0.15) is 68.6 Å². The number of rotatable bonds is 10. The average molecular weight is 631 g/mol. The van der Waals surface area contributed by atoms with Gasteiger partial charge >= 0.3 is 0 Å². The number of hydrogen-bond acceptors (Lipinski definition) is 2. The van der Waals surface area contributed by atoms with Crippen LogP contribution in [0.25, 0.3) is 11.3 Å². The van der Waals surface area contributed by atoms with Crippen LogP contribution in [0.5, 0.6) is 0 Å². The Labute approximate surface area is 232 Å². The van der Waals surface area contributed by atoms with Gasteiger partial charge in [-0.3, -0.25) is 4.31 Å². The Hall–Kier alpha value is -1.89. The summed E-state index contributed by atoms with van der Waals surface area (Å²) in [5.74, 6) is 0. The Bertz CT molecular complexity index is 1300. The first kappa shape index (κ1) is 27.2. The summed E-state index contributed by atoms with van der Waals surface area (Å²) in [4.78, 5) is 0.343. The van der Waals surface area contributed by atoms with Gasteiger partial charge in [0.1, 0.15) is 0 Å². The van der Waals surface area contributed by atoms with Crippen LogP contribution in [-0.2, 0) is 10.0 Å². The van der Waals surface area contributed by atoms with Gasteiger partial charge in [0.15, 0.2) is 0 Å². The zero-order chi connectivity index (χ0) is 25.7. The molecule has 4 rings (SSSR count). The molecule has 0 bridgehead atoms. The van der Waals surface area contributed by atoms with Gasteiger partial charge in [0.05, 0.1) is 10.6 Å². The Morgan fingerprint density at radius 1 is 0.778 bits per heavy atom. The van der Waals surface area contributed by atoms with E-state index in [0.717, 1.165) is 56.2 Å². The molecule has 36 heavy (non-hydrogen) atoms. The zero-order valence-electron chi connectivity index (χ0n) is 20.9. The lowest BCUT2D eigenvalue weighted by Gasteiger charge is -2.29. The molecule has 1 heterocycles. The molecule has 0 saturated carbocycles. The molecular formula is C30H33Br2NO2S. The van der Waals surface area contributed by atoms with E-state index in [2.05, 4.69) is 50.9 Å². The number of aryl methyl sites for hydroxylation is 1. The van der Waals surface area contributed by atoms with Crippen molar-refractivity contribution in [2.75, 3.05) is 0 Å². The van der Waals surface area contributed by atoms with Crippen LogP contribution in [0.4, 0.5) is 0 Å². The van der Waals surface area contributed by atoms with Gasteiger partial charge in [0.25, 0.3) is 10.0 Å². The molecule has 6 heteroatoms. The first-order chi connectivity index (χ1) is 17.3. The fourth-order valence-corrected chi connectivity index (χ4v) is 7.15. The third-order valence-corrected chi connectivity index (χ3v) is 9.73. The van der Waals surface area contributed by atoms with Gasteiger partial charge < -0.3 is 0 Å². The van der Waals surface area contributed by atoms with Crippen molar-refractivity contribution in [2.45, 2.75) is 69.7 Å². The van der Waals surface area contributed by atoms with Crippen LogP contribution in [-0.4, -0.2) is 18.8 Å². The van der Waals surface area contributed by atoms with E-state index >= 15 is 0 Å². The maximum atomic E-state index is 14.2. The lowest BCUT2D eigenvalue weighted by Crippen LogP contribution is -2.35. The summed E-state index contributed by atoms with van der Waals surface area (Å²) in [6.45, 7) is 4.19. The molecule has 0 unspecified atom stereocenters. The summed E-state index contributed by atoms with van der Waals surface area (Å²) in [5, 5.41) is 0. The van der Waals surface area contributed by atoms with Crippen molar-refractivity contribution < 1.29 is 8.42 Å². The van der Waals surface area contributed by atoms with Crippen molar-refractivity contribution >= 4 is 53.2 Å². The standard InChI is InChI=1S/C30H33Br2NO2S/c1-3-4-5-6-7-8-27-21-29(23-11-15-25(31)16-12-23)30(24-13-17-26(32)18-14-24)33(27)36(34,35)28-19-9-22(2)10-20-28/h9-20,27H,3-8,21H2,1-2H3/t27-/m0/s1. The second-order valence-corrected chi connectivity index (χ2v) is 13.2. The van der Waals surface area contributed by atoms with E-state index in [1.807, 2.05) is 55.5 Å². The highest BCUT2D eigenvalue weighted by molar-refractivity contribution is 9.10. The molecule has 1 aliphatic heterocycles. The molecule has 0 N–H and O–H groups in total. The van der Waals surface area contributed by atoms with Gasteiger partial charge in [-0.15, -0.1) is 0 Å². The number of sulfonamides is 1. The predicted octanol–water partition coefficient (Wildman–Crippen LogP) is 9.21. The Kier molecular flexibility index (Phi) is 9.13. The van der Waals surface area contributed by atoms with Crippen LogP contribution in [0.3, 0.4) is 0 Å². The topological polar surface area (TPSA) is 37.4 Å². The third kappa shape index (κ3) is 6.15. The first-order valence-electron chi connectivity index (χ1n) is 12.7. The molecule has 0 aliphatic carbocycles. The number of hydrogen-bond donors (Lipinski definition) is 0. The van der Waals surface area contributed by atoms with Gasteiger partial charge in [-0.1, -0.05) is 113 Å². The van der Waals surface area contributed by atoms with Crippen molar-refractivity contribution in [2.24, 2.45) is 0 Å². The molecule has 190 valence electrons. The van der Waals surface area contributed by atoms with Crippen molar-refractivity contribution in [1.82, 2.24) is 4.31 Å².